The number of carbonyl (C=O) groups excluding carboxylic acids is 1. The first-order chi connectivity index (χ1) is 9.74. The van der Waals surface area contributed by atoms with E-state index >= 15 is 0 Å². The first-order valence-electron chi connectivity index (χ1n) is 7.57. The van der Waals surface area contributed by atoms with E-state index < -0.39 is 0 Å². The third-order valence-electron chi connectivity index (χ3n) is 4.58. The molecule has 0 bridgehead atoms. The number of amides is 2. The maximum Gasteiger partial charge on any atom is 0.322 e. The molecule has 0 radical (unpaired) electrons. The fourth-order valence-electron chi connectivity index (χ4n) is 3.64. The number of nitrogens with zero attached hydrogens (tertiary/aromatic N) is 1. The van der Waals surface area contributed by atoms with Gasteiger partial charge in [-0.2, -0.15) is 0 Å². The summed E-state index contributed by atoms with van der Waals surface area (Å²) in [4.78, 5) is 14.6. The SMILES string of the molecule is O=C(Nc1cccc(Cl)c1)N1CCC[C@H]2CCCC[C@@H]21. The highest BCUT2D eigenvalue weighted by Gasteiger charge is 2.35. The van der Waals surface area contributed by atoms with Crippen LogP contribution in [0, 0.1) is 5.92 Å². The van der Waals surface area contributed by atoms with Gasteiger partial charge >= 0.3 is 6.03 Å². The number of carbonyl (C=O) groups is 1. The van der Waals surface area contributed by atoms with Crippen molar-refractivity contribution >= 4 is 23.3 Å². The number of piperidine rings is 1. The van der Waals surface area contributed by atoms with Crippen molar-refractivity contribution in [2.24, 2.45) is 5.92 Å². The van der Waals surface area contributed by atoms with Crippen LogP contribution in [0.1, 0.15) is 38.5 Å². The summed E-state index contributed by atoms with van der Waals surface area (Å²) in [6.45, 7) is 0.883. The second-order valence-electron chi connectivity index (χ2n) is 5.89. The van der Waals surface area contributed by atoms with Gasteiger partial charge in [0.2, 0.25) is 0 Å². The average molecular weight is 293 g/mol. The maximum absolute atomic E-state index is 12.5. The van der Waals surface area contributed by atoms with Crippen molar-refractivity contribution in [1.29, 1.82) is 0 Å². The molecule has 0 aromatic heterocycles. The van der Waals surface area contributed by atoms with Gasteiger partial charge in [-0.3, -0.25) is 0 Å². The number of nitrogens with one attached hydrogen (secondary N) is 1. The van der Waals surface area contributed by atoms with Crippen molar-refractivity contribution in [1.82, 2.24) is 4.90 Å². The minimum absolute atomic E-state index is 0.0314. The van der Waals surface area contributed by atoms with Crippen molar-refractivity contribution in [3.05, 3.63) is 29.3 Å². The van der Waals surface area contributed by atoms with E-state index in [0.717, 1.165) is 25.1 Å². The van der Waals surface area contributed by atoms with Crippen LogP contribution >= 0.6 is 11.6 Å². The summed E-state index contributed by atoms with van der Waals surface area (Å²) in [6, 6.07) is 7.82. The number of likely N-dealkylation sites (tertiary alicyclic amines) is 1. The lowest BCUT2D eigenvalue weighted by Crippen LogP contribution is -2.51. The molecule has 1 aromatic rings. The second kappa shape index (κ2) is 6.04. The summed E-state index contributed by atoms with van der Waals surface area (Å²) in [7, 11) is 0. The minimum atomic E-state index is 0.0314. The van der Waals surface area contributed by atoms with Crippen LogP contribution in [0.15, 0.2) is 24.3 Å². The van der Waals surface area contributed by atoms with Gasteiger partial charge in [0.15, 0.2) is 0 Å². The van der Waals surface area contributed by atoms with E-state index in [1.165, 1.54) is 25.7 Å². The summed E-state index contributed by atoms with van der Waals surface area (Å²) in [5, 5.41) is 3.64. The zero-order valence-electron chi connectivity index (χ0n) is 11.6. The third kappa shape index (κ3) is 2.93. The molecule has 4 heteroatoms. The molecule has 1 aliphatic carbocycles. The highest BCUT2D eigenvalue weighted by atomic mass is 35.5. The van der Waals surface area contributed by atoms with E-state index in [1.54, 1.807) is 6.07 Å². The number of halogens is 1. The number of anilines is 1. The number of hydrogen-bond acceptors (Lipinski definition) is 1. The molecule has 2 fully saturated rings. The lowest BCUT2D eigenvalue weighted by Gasteiger charge is -2.44. The normalized spacial score (nSPS) is 25.9. The molecule has 0 unspecified atom stereocenters. The standard InChI is InChI=1S/C16H21ClN2O/c17-13-7-3-8-14(11-13)18-16(20)19-10-4-6-12-5-1-2-9-15(12)19/h3,7-8,11-12,15H,1-2,4-6,9-10H2,(H,18,20)/t12-,15+/m1/s1. The predicted octanol–water partition coefficient (Wildman–Crippen LogP) is 4.53. The smallest absolute Gasteiger partial charge is 0.321 e. The number of urea groups is 1. The van der Waals surface area contributed by atoms with Crippen LogP contribution < -0.4 is 5.32 Å². The van der Waals surface area contributed by atoms with Crippen molar-refractivity contribution in [3.8, 4) is 0 Å². The Kier molecular flexibility index (Phi) is 4.16. The Bertz CT molecular complexity index is 489. The highest BCUT2D eigenvalue weighted by Crippen LogP contribution is 2.35. The van der Waals surface area contributed by atoms with Crippen molar-refractivity contribution < 1.29 is 4.79 Å². The lowest BCUT2D eigenvalue weighted by atomic mass is 9.78. The molecule has 20 heavy (non-hydrogen) atoms. The van der Waals surface area contributed by atoms with Gasteiger partial charge < -0.3 is 10.2 Å². The van der Waals surface area contributed by atoms with Crippen LogP contribution in [-0.2, 0) is 0 Å². The first kappa shape index (κ1) is 13.7. The third-order valence-corrected chi connectivity index (χ3v) is 4.82. The van der Waals surface area contributed by atoms with Crippen LogP contribution in [0.4, 0.5) is 10.5 Å². The number of benzene rings is 1. The Morgan fingerprint density at radius 3 is 2.85 bits per heavy atom. The molecular weight excluding hydrogens is 272 g/mol. The van der Waals surface area contributed by atoms with Crippen LogP contribution in [0.3, 0.4) is 0 Å². The van der Waals surface area contributed by atoms with E-state index in [-0.39, 0.29) is 6.03 Å². The van der Waals surface area contributed by atoms with Crippen LogP contribution in [0.5, 0.6) is 0 Å². The molecule has 2 aliphatic rings. The Labute approximate surface area is 125 Å². The Balaban J connectivity index is 1.69. The van der Waals surface area contributed by atoms with E-state index in [9.17, 15) is 4.79 Å². The Morgan fingerprint density at radius 1 is 1.20 bits per heavy atom. The predicted molar refractivity (Wildman–Crippen MR) is 82.2 cm³/mol. The Hall–Kier alpha value is -1.22. The van der Waals surface area contributed by atoms with Crippen molar-refractivity contribution in [2.75, 3.05) is 11.9 Å². The monoisotopic (exact) mass is 292 g/mol. The van der Waals surface area contributed by atoms with Gasteiger partial charge in [0.1, 0.15) is 0 Å². The zero-order valence-corrected chi connectivity index (χ0v) is 12.4. The quantitative estimate of drug-likeness (QED) is 0.810. The van der Waals surface area contributed by atoms with Crippen LogP contribution in [-0.4, -0.2) is 23.5 Å². The fraction of sp³-hybridized carbons (Fsp3) is 0.562. The number of hydrogen-bond donors (Lipinski definition) is 1. The molecule has 2 atom stereocenters. The van der Waals surface area contributed by atoms with Gasteiger partial charge in [-0.05, 0) is 49.8 Å². The van der Waals surface area contributed by atoms with Crippen molar-refractivity contribution in [3.63, 3.8) is 0 Å². The maximum atomic E-state index is 12.5. The van der Waals surface area contributed by atoms with E-state index in [2.05, 4.69) is 5.32 Å². The molecule has 2 amide bonds. The molecule has 108 valence electrons. The van der Waals surface area contributed by atoms with E-state index in [1.807, 2.05) is 23.1 Å². The average Bonchev–Trinajstić information content (AvgIpc) is 2.46. The van der Waals surface area contributed by atoms with Gasteiger partial charge in [0.25, 0.3) is 0 Å². The van der Waals surface area contributed by atoms with Crippen molar-refractivity contribution in [2.45, 2.75) is 44.6 Å². The number of rotatable bonds is 1. The van der Waals surface area contributed by atoms with Crippen LogP contribution in [0.2, 0.25) is 5.02 Å². The molecule has 1 aromatic carbocycles. The molecule has 1 N–H and O–H groups in total. The second-order valence-corrected chi connectivity index (χ2v) is 6.32. The molecule has 1 heterocycles. The molecular formula is C16H21ClN2O. The van der Waals surface area contributed by atoms with Crippen LogP contribution in [0.25, 0.3) is 0 Å². The molecule has 0 spiro atoms. The highest BCUT2D eigenvalue weighted by molar-refractivity contribution is 6.30. The molecule has 3 nitrogen and oxygen atoms in total. The van der Waals surface area contributed by atoms with E-state index in [4.69, 9.17) is 11.6 Å². The molecule has 3 rings (SSSR count). The van der Waals surface area contributed by atoms with Gasteiger partial charge in [-0.25, -0.2) is 4.79 Å². The minimum Gasteiger partial charge on any atom is -0.321 e. The van der Waals surface area contributed by atoms with Gasteiger partial charge in [-0.1, -0.05) is 30.5 Å². The summed E-state index contributed by atoms with van der Waals surface area (Å²) in [5.41, 5.74) is 0.778. The molecule has 1 saturated heterocycles. The topological polar surface area (TPSA) is 32.3 Å². The molecule has 1 saturated carbocycles. The lowest BCUT2D eigenvalue weighted by molar-refractivity contribution is 0.0909. The summed E-state index contributed by atoms with van der Waals surface area (Å²) in [6.07, 6.45) is 7.43. The van der Waals surface area contributed by atoms with Gasteiger partial charge in [-0.15, -0.1) is 0 Å². The molecule has 1 aliphatic heterocycles. The fourth-order valence-corrected chi connectivity index (χ4v) is 3.83. The number of fused-ring (bicyclic) bond motifs is 1. The largest absolute Gasteiger partial charge is 0.322 e. The summed E-state index contributed by atoms with van der Waals surface area (Å²) in [5.74, 6) is 0.711. The Morgan fingerprint density at radius 2 is 2.00 bits per heavy atom. The summed E-state index contributed by atoms with van der Waals surface area (Å²) < 4.78 is 0. The first-order valence-corrected chi connectivity index (χ1v) is 7.95. The van der Waals surface area contributed by atoms with E-state index in [0.29, 0.717) is 17.0 Å². The summed E-state index contributed by atoms with van der Waals surface area (Å²) >= 11 is 5.96. The van der Waals surface area contributed by atoms with Gasteiger partial charge in [0, 0.05) is 23.3 Å². The van der Waals surface area contributed by atoms with Gasteiger partial charge in [0.05, 0.1) is 0 Å². The zero-order chi connectivity index (χ0) is 13.9.